The number of esters is 1. The molecule has 0 N–H and O–H groups in total. The van der Waals surface area contributed by atoms with Crippen molar-refractivity contribution < 1.29 is 9.53 Å². The van der Waals surface area contributed by atoms with E-state index in [1.54, 1.807) is 0 Å². The van der Waals surface area contributed by atoms with E-state index in [0.29, 0.717) is 6.61 Å². The van der Waals surface area contributed by atoms with Crippen molar-refractivity contribution in [3.63, 3.8) is 0 Å². The number of hydrogen-bond donors (Lipinski definition) is 0. The molecule has 16 heavy (non-hydrogen) atoms. The Morgan fingerprint density at radius 1 is 1.25 bits per heavy atom. The fourth-order valence-corrected chi connectivity index (χ4v) is 7.52. The van der Waals surface area contributed by atoms with Crippen molar-refractivity contribution in [1.82, 2.24) is 0 Å². The molecule has 0 spiro atoms. The Morgan fingerprint density at radius 3 is 2.25 bits per heavy atom. The van der Waals surface area contributed by atoms with Crippen molar-refractivity contribution in [3.8, 4) is 0 Å². The van der Waals surface area contributed by atoms with Gasteiger partial charge in [-0.1, -0.05) is 0 Å². The first kappa shape index (κ1) is 13.6. The summed E-state index contributed by atoms with van der Waals surface area (Å²) in [6.07, 6.45) is 0. The molecule has 0 amide bonds. The zero-order valence-electron chi connectivity index (χ0n) is 10.5. The second-order valence-corrected chi connectivity index (χ2v) is 20.1. The average Bonchev–Trinajstić information content (AvgIpc) is 2.17. The minimum atomic E-state index is -2.36. The molecule has 0 saturated carbocycles. The van der Waals surface area contributed by atoms with Gasteiger partial charge in [0.05, 0.1) is 0 Å². The fraction of sp³-hybridized carbons (Fsp3) is 0.462. The Hall–Kier alpha value is -0.511. The number of ether oxygens (including phenoxy) is 1. The molecule has 0 aliphatic heterocycles. The van der Waals surface area contributed by atoms with Crippen LogP contribution in [0, 0.1) is 0 Å². The topological polar surface area (TPSA) is 26.3 Å². The molecule has 0 aliphatic rings. The number of rotatable bonds is 4. The zero-order valence-corrected chi connectivity index (χ0v) is 13.3. The van der Waals surface area contributed by atoms with Crippen molar-refractivity contribution in [2.24, 2.45) is 0 Å². The van der Waals surface area contributed by atoms with Crippen LogP contribution in [0.25, 0.3) is 0 Å². The minimum absolute atomic E-state index is 0.00968. The van der Waals surface area contributed by atoms with Gasteiger partial charge in [0.15, 0.2) is 0 Å². The fourth-order valence-electron chi connectivity index (χ4n) is 1.86. The van der Waals surface area contributed by atoms with E-state index in [2.05, 4.69) is 14.8 Å². The molecule has 0 radical (unpaired) electrons. The molecule has 0 bridgehead atoms. The van der Waals surface area contributed by atoms with E-state index < -0.39 is 18.4 Å². The monoisotopic (exact) mass is 328 g/mol. The molecule has 0 heterocycles. The Morgan fingerprint density at radius 2 is 1.81 bits per heavy atom. The molecule has 1 atom stereocenters. The number of carbonyl (C=O) groups is 1. The van der Waals surface area contributed by atoms with E-state index in [0.717, 1.165) is 5.56 Å². The molecule has 0 fully saturated rings. The first-order valence-corrected chi connectivity index (χ1v) is 15.9. The van der Waals surface area contributed by atoms with Gasteiger partial charge in [-0.05, 0) is 0 Å². The van der Waals surface area contributed by atoms with E-state index in [1.807, 2.05) is 37.3 Å². The second kappa shape index (κ2) is 5.71. The summed E-state index contributed by atoms with van der Waals surface area (Å²) in [6.45, 7) is 2.32. The van der Waals surface area contributed by atoms with Crippen LogP contribution in [0.5, 0.6) is 0 Å². The normalized spacial score (nSPS) is 13.2. The van der Waals surface area contributed by atoms with Gasteiger partial charge >= 0.3 is 102 Å². The quantitative estimate of drug-likeness (QED) is 0.627. The van der Waals surface area contributed by atoms with Gasteiger partial charge in [0.1, 0.15) is 0 Å². The molecular formula is C13H20O2Sn. The number of benzene rings is 1. The molecule has 1 aromatic carbocycles. The standard InChI is InChI=1S/C10H11O2.3CH3.Sn/c1-2-12-10(11)8-9-6-4-3-5-7-9;;;;/h3-8H,2H2,1H3;3*1H3;. The van der Waals surface area contributed by atoms with Gasteiger partial charge in [-0.2, -0.15) is 0 Å². The van der Waals surface area contributed by atoms with Crippen molar-refractivity contribution >= 4 is 24.3 Å². The van der Waals surface area contributed by atoms with E-state index >= 15 is 0 Å². The molecule has 0 aliphatic carbocycles. The summed E-state index contributed by atoms with van der Waals surface area (Å²) in [7, 11) is 0. The van der Waals surface area contributed by atoms with Crippen molar-refractivity contribution in [2.45, 2.75) is 25.7 Å². The van der Waals surface area contributed by atoms with E-state index in [-0.39, 0.29) is 9.90 Å². The van der Waals surface area contributed by atoms with Gasteiger partial charge in [-0.15, -0.1) is 0 Å². The predicted octanol–water partition coefficient (Wildman–Crippen LogP) is 3.21. The molecule has 0 aromatic heterocycles. The Balaban J connectivity index is 3.02. The Kier molecular flexibility index (Phi) is 4.84. The Bertz CT molecular complexity index is 341. The van der Waals surface area contributed by atoms with Crippen LogP contribution < -0.4 is 0 Å². The number of carbonyl (C=O) groups excluding carboxylic acids is 1. The molecule has 0 saturated heterocycles. The third-order valence-corrected chi connectivity index (χ3v) is 9.09. The SMILES string of the molecule is CCOC(=O)[CH](c1ccccc1)[Sn]([CH3])([CH3])[CH3]. The summed E-state index contributed by atoms with van der Waals surface area (Å²) in [5, 5.41) is 0. The molecular weight excluding hydrogens is 307 g/mol. The van der Waals surface area contributed by atoms with E-state index in [1.165, 1.54) is 0 Å². The van der Waals surface area contributed by atoms with Gasteiger partial charge in [0.25, 0.3) is 0 Å². The van der Waals surface area contributed by atoms with Gasteiger partial charge in [-0.3, -0.25) is 0 Å². The van der Waals surface area contributed by atoms with Crippen molar-refractivity contribution in [3.05, 3.63) is 35.9 Å². The number of hydrogen-bond acceptors (Lipinski definition) is 2. The van der Waals surface area contributed by atoms with Gasteiger partial charge in [0.2, 0.25) is 0 Å². The summed E-state index contributed by atoms with van der Waals surface area (Å²) in [5.74, 6) is -0.0444. The van der Waals surface area contributed by atoms with Crippen LogP contribution in [0.1, 0.15) is 16.4 Å². The predicted molar refractivity (Wildman–Crippen MR) is 69.2 cm³/mol. The summed E-state index contributed by atoms with van der Waals surface area (Å²) in [5.41, 5.74) is 1.12. The van der Waals surface area contributed by atoms with E-state index in [4.69, 9.17) is 4.74 Å². The van der Waals surface area contributed by atoms with Gasteiger partial charge < -0.3 is 0 Å². The van der Waals surface area contributed by atoms with Crippen molar-refractivity contribution in [2.75, 3.05) is 6.61 Å². The molecule has 1 rings (SSSR count). The van der Waals surface area contributed by atoms with Crippen molar-refractivity contribution in [1.29, 1.82) is 0 Å². The van der Waals surface area contributed by atoms with Crippen LogP contribution in [-0.4, -0.2) is 31.0 Å². The third-order valence-electron chi connectivity index (χ3n) is 2.52. The zero-order chi connectivity index (χ0) is 12.2. The summed E-state index contributed by atoms with van der Waals surface area (Å²) in [4.78, 5) is 18.8. The molecule has 88 valence electrons. The summed E-state index contributed by atoms with van der Waals surface area (Å²) >= 11 is -2.36. The maximum absolute atomic E-state index is 12.0. The average molecular weight is 327 g/mol. The molecule has 1 unspecified atom stereocenters. The Labute approximate surface area is 102 Å². The summed E-state index contributed by atoms with van der Waals surface area (Å²) in [6, 6.07) is 10.0. The van der Waals surface area contributed by atoms with Crippen LogP contribution in [0.3, 0.4) is 0 Å². The van der Waals surface area contributed by atoms with Gasteiger partial charge in [0, 0.05) is 0 Å². The van der Waals surface area contributed by atoms with Crippen LogP contribution in [0.2, 0.25) is 14.8 Å². The third kappa shape index (κ3) is 3.51. The summed E-state index contributed by atoms with van der Waals surface area (Å²) < 4.78 is 5.21. The molecule has 2 nitrogen and oxygen atoms in total. The first-order chi connectivity index (χ1) is 7.46. The second-order valence-electron chi connectivity index (χ2n) is 4.96. The van der Waals surface area contributed by atoms with Crippen LogP contribution in [0.4, 0.5) is 0 Å². The maximum atomic E-state index is 12.0. The van der Waals surface area contributed by atoms with Crippen LogP contribution in [0.15, 0.2) is 30.3 Å². The first-order valence-electron chi connectivity index (χ1n) is 5.68. The molecule has 1 aromatic rings. The molecule has 3 heteroatoms. The van der Waals surface area contributed by atoms with Gasteiger partial charge in [-0.25, -0.2) is 0 Å². The van der Waals surface area contributed by atoms with Crippen LogP contribution >= 0.6 is 0 Å². The van der Waals surface area contributed by atoms with E-state index in [9.17, 15) is 4.79 Å². The van der Waals surface area contributed by atoms with Crippen LogP contribution in [-0.2, 0) is 9.53 Å².